The first-order chi connectivity index (χ1) is 14.6. The van der Waals surface area contributed by atoms with Crippen LogP contribution in [0.4, 0.5) is 17.2 Å². The molecule has 0 spiro atoms. The average molecular weight is 428 g/mol. The molecular weight excluding hydrogens is 398 g/mol. The van der Waals surface area contributed by atoms with Crippen LogP contribution < -0.4 is 15.1 Å². The summed E-state index contributed by atoms with van der Waals surface area (Å²) in [5.74, 6) is 0.763. The van der Waals surface area contributed by atoms with E-state index in [1.807, 2.05) is 24.3 Å². The van der Waals surface area contributed by atoms with Crippen LogP contribution in [0.25, 0.3) is 0 Å². The number of nitrogens with zero attached hydrogens (tertiary/aromatic N) is 4. The first-order valence-electron chi connectivity index (χ1n) is 10.9. The Hall–Kier alpha value is -2.31. The van der Waals surface area contributed by atoms with Gasteiger partial charge in [-0.15, -0.1) is 0 Å². The second kappa shape index (κ2) is 9.67. The Morgan fingerprint density at radius 3 is 2.57 bits per heavy atom. The van der Waals surface area contributed by atoms with E-state index in [4.69, 9.17) is 11.6 Å². The fourth-order valence-corrected chi connectivity index (χ4v) is 4.56. The van der Waals surface area contributed by atoms with Gasteiger partial charge in [0.15, 0.2) is 0 Å². The molecule has 2 fully saturated rings. The summed E-state index contributed by atoms with van der Waals surface area (Å²) >= 11 is 6.30. The van der Waals surface area contributed by atoms with Gasteiger partial charge < -0.3 is 20.0 Å². The molecule has 3 heterocycles. The summed E-state index contributed by atoms with van der Waals surface area (Å²) in [7, 11) is 0. The maximum absolute atomic E-state index is 12.9. The van der Waals surface area contributed by atoms with Gasteiger partial charge in [-0.2, -0.15) is 0 Å². The molecule has 2 aliphatic heterocycles. The van der Waals surface area contributed by atoms with Crippen molar-refractivity contribution in [1.82, 2.24) is 9.88 Å². The number of piperazine rings is 1. The monoisotopic (exact) mass is 427 g/mol. The number of anilines is 3. The Bertz CT molecular complexity index is 851. The van der Waals surface area contributed by atoms with Gasteiger partial charge in [-0.25, -0.2) is 4.98 Å². The van der Waals surface area contributed by atoms with Crippen molar-refractivity contribution >= 4 is 34.7 Å². The normalized spacial score (nSPS) is 20.3. The third kappa shape index (κ3) is 4.87. The van der Waals surface area contributed by atoms with Gasteiger partial charge in [0.05, 0.1) is 10.9 Å². The summed E-state index contributed by atoms with van der Waals surface area (Å²) in [6.07, 6.45) is 3.58. The van der Waals surface area contributed by atoms with Gasteiger partial charge in [-0.05, 0) is 55.8 Å². The molecule has 2 saturated heterocycles. The number of nitrogens with one attached hydrogen (secondary N) is 1. The van der Waals surface area contributed by atoms with E-state index in [9.17, 15) is 4.79 Å². The lowest BCUT2D eigenvalue weighted by atomic mass is 9.97. The summed E-state index contributed by atoms with van der Waals surface area (Å²) in [6, 6.07) is 11.9. The highest BCUT2D eigenvalue weighted by atomic mass is 35.5. The quantitative estimate of drug-likeness (QED) is 0.787. The molecule has 0 unspecified atom stereocenters. The molecule has 0 bridgehead atoms. The van der Waals surface area contributed by atoms with Gasteiger partial charge in [-0.3, -0.25) is 4.79 Å². The van der Waals surface area contributed by atoms with Crippen LogP contribution >= 0.6 is 11.6 Å². The highest BCUT2D eigenvalue weighted by Gasteiger charge is 2.27. The van der Waals surface area contributed by atoms with Gasteiger partial charge >= 0.3 is 0 Å². The first kappa shape index (κ1) is 20.9. The molecule has 7 heteroatoms. The fraction of sp³-hybridized carbons (Fsp3) is 0.478. The molecule has 2 aromatic rings. The Balaban J connectivity index is 1.34. The lowest BCUT2D eigenvalue weighted by Crippen LogP contribution is -2.46. The van der Waals surface area contributed by atoms with E-state index in [1.165, 1.54) is 5.69 Å². The summed E-state index contributed by atoms with van der Waals surface area (Å²) in [6.45, 7) is 9.15. The van der Waals surface area contributed by atoms with E-state index in [1.54, 1.807) is 6.20 Å². The molecule has 0 aliphatic carbocycles. The van der Waals surface area contributed by atoms with Crippen LogP contribution in [0.15, 0.2) is 42.6 Å². The number of piperidine rings is 1. The minimum atomic E-state index is -0.0707. The van der Waals surface area contributed by atoms with Gasteiger partial charge in [-0.1, -0.05) is 18.5 Å². The number of carbonyl (C=O) groups excluding carboxylic acids is 1. The van der Waals surface area contributed by atoms with Crippen LogP contribution in [0.3, 0.4) is 0 Å². The number of aromatic nitrogens is 1. The molecule has 6 nitrogen and oxygen atoms in total. The number of hydrogen-bond acceptors (Lipinski definition) is 5. The molecular formula is C23H30ClN5O. The Morgan fingerprint density at radius 1 is 1.10 bits per heavy atom. The number of halogens is 1. The van der Waals surface area contributed by atoms with Crippen LogP contribution in [0.5, 0.6) is 0 Å². The van der Waals surface area contributed by atoms with Gasteiger partial charge in [0.2, 0.25) is 5.91 Å². The van der Waals surface area contributed by atoms with E-state index in [0.29, 0.717) is 11.6 Å². The van der Waals surface area contributed by atoms with Crippen molar-refractivity contribution < 1.29 is 4.79 Å². The molecule has 1 atom stereocenters. The largest absolute Gasteiger partial charge is 0.369 e. The number of rotatable bonds is 5. The second-order valence-corrected chi connectivity index (χ2v) is 8.46. The van der Waals surface area contributed by atoms with Crippen LogP contribution in [0.1, 0.15) is 19.8 Å². The molecule has 160 valence electrons. The topological polar surface area (TPSA) is 51.7 Å². The number of carbonyl (C=O) groups is 1. The number of hydrogen-bond donors (Lipinski definition) is 1. The van der Waals surface area contributed by atoms with Crippen molar-refractivity contribution in [3.8, 4) is 0 Å². The molecule has 1 aromatic carbocycles. The summed E-state index contributed by atoms with van der Waals surface area (Å²) in [4.78, 5) is 24.3. The standard InChI is InChI=1S/C23H30ClN5O/c1-2-27-13-15-28(16-14-27)20-9-7-19(8-10-20)26-23(30)18-5-4-12-29(17-18)22-21(24)6-3-11-25-22/h3,6-11,18H,2,4-5,12-17H2,1H3,(H,26,30)/t18-/m0/s1. The van der Waals surface area contributed by atoms with E-state index in [0.717, 1.165) is 63.6 Å². The van der Waals surface area contributed by atoms with Gasteiger partial charge in [0, 0.05) is 56.8 Å². The predicted molar refractivity (Wildman–Crippen MR) is 124 cm³/mol. The molecule has 0 radical (unpaired) electrons. The maximum Gasteiger partial charge on any atom is 0.229 e. The minimum Gasteiger partial charge on any atom is -0.369 e. The van der Waals surface area contributed by atoms with E-state index < -0.39 is 0 Å². The molecule has 4 rings (SSSR count). The van der Waals surface area contributed by atoms with Crippen LogP contribution in [-0.4, -0.2) is 61.6 Å². The van der Waals surface area contributed by atoms with Crippen molar-refractivity contribution in [1.29, 1.82) is 0 Å². The highest BCUT2D eigenvalue weighted by molar-refractivity contribution is 6.32. The lowest BCUT2D eigenvalue weighted by molar-refractivity contribution is -0.120. The molecule has 30 heavy (non-hydrogen) atoms. The Labute approximate surface area is 183 Å². The van der Waals surface area contributed by atoms with E-state index >= 15 is 0 Å². The molecule has 0 saturated carbocycles. The third-order valence-corrected chi connectivity index (χ3v) is 6.45. The second-order valence-electron chi connectivity index (χ2n) is 8.05. The molecule has 1 N–H and O–H groups in total. The average Bonchev–Trinajstić information content (AvgIpc) is 2.80. The van der Waals surface area contributed by atoms with Crippen LogP contribution in [-0.2, 0) is 4.79 Å². The first-order valence-corrected chi connectivity index (χ1v) is 11.3. The summed E-state index contributed by atoms with van der Waals surface area (Å²) in [5.41, 5.74) is 2.07. The van der Waals surface area contributed by atoms with Crippen LogP contribution in [0.2, 0.25) is 5.02 Å². The molecule has 1 aromatic heterocycles. The van der Waals surface area contributed by atoms with Crippen molar-refractivity contribution in [2.75, 3.05) is 60.9 Å². The minimum absolute atomic E-state index is 0.0658. The number of benzene rings is 1. The zero-order valence-electron chi connectivity index (χ0n) is 17.6. The Kier molecular flexibility index (Phi) is 6.75. The number of pyridine rings is 1. The number of amides is 1. The lowest BCUT2D eigenvalue weighted by Gasteiger charge is -2.35. The van der Waals surface area contributed by atoms with E-state index in [2.05, 4.69) is 44.1 Å². The third-order valence-electron chi connectivity index (χ3n) is 6.15. The van der Waals surface area contributed by atoms with Gasteiger partial charge in [0.25, 0.3) is 0 Å². The SMILES string of the molecule is CCN1CCN(c2ccc(NC(=O)[C@H]3CCCN(c4ncccc4Cl)C3)cc2)CC1. The van der Waals surface area contributed by atoms with Crippen molar-refractivity contribution in [2.24, 2.45) is 5.92 Å². The van der Waals surface area contributed by atoms with Gasteiger partial charge in [0.1, 0.15) is 5.82 Å². The molecule has 1 amide bonds. The summed E-state index contributed by atoms with van der Waals surface area (Å²) < 4.78 is 0. The van der Waals surface area contributed by atoms with Crippen molar-refractivity contribution in [3.63, 3.8) is 0 Å². The van der Waals surface area contributed by atoms with Crippen molar-refractivity contribution in [2.45, 2.75) is 19.8 Å². The Morgan fingerprint density at radius 2 is 1.87 bits per heavy atom. The maximum atomic E-state index is 12.9. The molecule has 2 aliphatic rings. The van der Waals surface area contributed by atoms with E-state index in [-0.39, 0.29) is 11.8 Å². The zero-order valence-corrected chi connectivity index (χ0v) is 18.3. The van der Waals surface area contributed by atoms with Crippen LogP contribution in [0, 0.1) is 5.92 Å². The van der Waals surface area contributed by atoms with Crippen molar-refractivity contribution in [3.05, 3.63) is 47.6 Å². The summed E-state index contributed by atoms with van der Waals surface area (Å²) in [5, 5.41) is 3.73. The fourth-order valence-electron chi connectivity index (χ4n) is 4.32. The highest BCUT2D eigenvalue weighted by Crippen LogP contribution is 2.28. The zero-order chi connectivity index (χ0) is 20.9. The number of likely N-dealkylation sites (N-methyl/N-ethyl adjacent to an activating group) is 1. The predicted octanol–water partition coefficient (Wildman–Crippen LogP) is 3.73. The smallest absolute Gasteiger partial charge is 0.229 e.